The standard InChI is InChI=1S/C16H17N3O/c17-12-13-4-5-15-14(11-13)6-8-18(15)9-10-19-7-2-1-3-16(19)20/h1-8,11H,9-10,12,17H2. The summed E-state index contributed by atoms with van der Waals surface area (Å²) in [5.41, 5.74) is 8.00. The molecule has 0 amide bonds. The zero-order valence-electron chi connectivity index (χ0n) is 11.2. The van der Waals surface area contributed by atoms with E-state index in [4.69, 9.17) is 5.73 Å². The number of hydrogen-bond acceptors (Lipinski definition) is 2. The van der Waals surface area contributed by atoms with Crippen LogP contribution in [0.1, 0.15) is 5.56 Å². The van der Waals surface area contributed by atoms with E-state index in [1.54, 1.807) is 16.7 Å². The number of fused-ring (bicyclic) bond motifs is 1. The number of rotatable bonds is 4. The molecule has 3 rings (SSSR count). The highest BCUT2D eigenvalue weighted by Gasteiger charge is 2.02. The SMILES string of the molecule is NCc1ccc2c(ccn2CCn2ccccc2=O)c1. The van der Waals surface area contributed by atoms with Crippen molar-refractivity contribution < 1.29 is 0 Å². The van der Waals surface area contributed by atoms with Gasteiger partial charge < -0.3 is 14.9 Å². The van der Waals surface area contributed by atoms with Crippen molar-refractivity contribution >= 4 is 10.9 Å². The van der Waals surface area contributed by atoms with Gasteiger partial charge in [-0.2, -0.15) is 0 Å². The van der Waals surface area contributed by atoms with Gasteiger partial charge in [-0.3, -0.25) is 4.79 Å². The molecule has 0 bridgehead atoms. The average molecular weight is 267 g/mol. The van der Waals surface area contributed by atoms with Gasteiger partial charge in [-0.25, -0.2) is 0 Å². The molecule has 4 nitrogen and oxygen atoms in total. The third-order valence-corrected chi connectivity index (χ3v) is 3.55. The third kappa shape index (κ3) is 2.38. The van der Waals surface area contributed by atoms with Crippen LogP contribution in [0.4, 0.5) is 0 Å². The number of hydrogen-bond donors (Lipinski definition) is 1. The fourth-order valence-electron chi connectivity index (χ4n) is 2.43. The first kappa shape index (κ1) is 12.7. The summed E-state index contributed by atoms with van der Waals surface area (Å²) in [4.78, 5) is 11.7. The Kier molecular flexibility index (Phi) is 3.39. The van der Waals surface area contributed by atoms with Crippen molar-refractivity contribution in [1.29, 1.82) is 0 Å². The first-order valence-electron chi connectivity index (χ1n) is 6.71. The number of pyridine rings is 1. The van der Waals surface area contributed by atoms with Crippen molar-refractivity contribution in [3.05, 3.63) is 70.8 Å². The number of aryl methyl sites for hydroxylation is 2. The Morgan fingerprint density at radius 2 is 1.80 bits per heavy atom. The van der Waals surface area contributed by atoms with E-state index < -0.39 is 0 Å². The van der Waals surface area contributed by atoms with E-state index >= 15 is 0 Å². The highest BCUT2D eigenvalue weighted by atomic mass is 16.1. The lowest BCUT2D eigenvalue weighted by Gasteiger charge is -2.08. The molecule has 0 aliphatic heterocycles. The summed E-state index contributed by atoms with van der Waals surface area (Å²) in [5, 5.41) is 1.19. The molecular weight excluding hydrogens is 250 g/mol. The minimum absolute atomic E-state index is 0.0365. The van der Waals surface area contributed by atoms with Gasteiger partial charge in [0.1, 0.15) is 0 Å². The fourth-order valence-corrected chi connectivity index (χ4v) is 2.43. The summed E-state index contributed by atoms with van der Waals surface area (Å²) >= 11 is 0. The van der Waals surface area contributed by atoms with Crippen molar-refractivity contribution in [2.75, 3.05) is 0 Å². The maximum absolute atomic E-state index is 11.7. The number of nitrogens with zero attached hydrogens (tertiary/aromatic N) is 2. The van der Waals surface area contributed by atoms with Crippen LogP contribution >= 0.6 is 0 Å². The zero-order valence-corrected chi connectivity index (χ0v) is 11.2. The van der Waals surface area contributed by atoms with Gasteiger partial charge in [0.05, 0.1) is 0 Å². The van der Waals surface area contributed by atoms with E-state index in [1.807, 2.05) is 18.3 Å². The monoisotopic (exact) mass is 267 g/mol. The van der Waals surface area contributed by atoms with Crippen LogP contribution in [0.2, 0.25) is 0 Å². The quantitative estimate of drug-likeness (QED) is 0.785. The second-order valence-electron chi connectivity index (χ2n) is 4.84. The van der Waals surface area contributed by atoms with E-state index in [9.17, 15) is 4.79 Å². The van der Waals surface area contributed by atoms with Crippen LogP contribution in [0.15, 0.2) is 59.7 Å². The molecule has 0 atom stereocenters. The Balaban J connectivity index is 1.85. The predicted octanol–water partition coefficient (Wildman–Crippen LogP) is 1.96. The maximum atomic E-state index is 11.7. The highest BCUT2D eigenvalue weighted by Crippen LogP contribution is 2.17. The minimum Gasteiger partial charge on any atom is -0.346 e. The third-order valence-electron chi connectivity index (χ3n) is 3.55. The molecule has 0 unspecified atom stereocenters. The number of nitrogens with two attached hydrogens (primary N) is 1. The maximum Gasteiger partial charge on any atom is 0.250 e. The number of aromatic nitrogens is 2. The van der Waals surface area contributed by atoms with E-state index in [2.05, 4.69) is 29.0 Å². The van der Waals surface area contributed by atoms with Gasteiger partial charge in [0, 0.05) is 43.6 Å². The van der Waals surface area contributed by atoms with Crippen LogP contribution in [-0.2, 0) is 19.6 Å². The molecular formula is C16H17N3O. The molecule has 102 valence electrons. The topological polar surface area (TPSA) is 52.9 Å². The normalized spacial score (nSPS) is 11.1. The summed E-state index contributed by atoms with van der Waals surface area (Å²) in [6.07, 6.45) is 3.87. The van der Waals surface area contributed by atoms with E-state index in [0.29, 0.717) is 13.1 Å². The summed E-state index contributed by atoms with van der Waals surface area (Å²) in [6, 6.07) is 13.6. The van der Waals surface area contributed by atoms with Crippen molar-refractivity contribution in [3.63, 3.8) is 0 Å². The molecule has 0 aliphatic rings. The Labute approximate surface area is 117 Å². The molecule has 0 aliphatic carbocycles. The van der Waals surface area contributed by atoms with E-state index in [1.165, 1.54) is 10.9 Å². The first-order valence-corrected chi connectivity index (χ1v) is 6.71. The molecule has 2 heterocycles. The van der Waals surface area contributed by atoms with Crippen molar-refractivity contribution in [2.45, 2.75) is 19.6 Å². The molecule has 2 aromatic heterocycles. The predicted molar refractivity (Wildman–Crippen MR) is 80.5 cm³/mol. The molecule has 0 saturated heterocycles. The molecule has 3 aromatic rings. The lowest BCUT2D eigenvalue weighted by Crippen LogP contribution is -2.20. The summed E-state index contributed by atoms with van der Waals surface area (Å²) < 4.78 is 3.88. The molecule has 2 N–H and O–H groups in total. The second-order valence-corrected chi connectivity index (χ2v) is 4.84. The van der Waals surface area contributed by atoms with Crippen LogP contribution in [0.5, 0.6) is 0 Å². The molecule has 0 fully saturated rings. The second kappa shape index (κ2) is 5.35. The molecule has 20 heavy (non-hydrogen) atoms. The van der Waals surface area contributed by atoms with Gasteiger partial charge in [0.25, 0.3) is 5.56 Å². The highest BCUT2D eigenvalue weighted by molar-refractivity contribution is 5.80. The zero-order chi connectivity index (χ0) is 13.9. The van der Waals surface area contributed by atoms with Crippen molar-refractivity contribution in [2.24, 2.45) is 5.73 Å². The molecule has 0 saturated carbocycles. The lowest BCUT2D eigenvalue weighted by molar-refractivity contribution is 0.577. The molecule has 0 radical (unpaired) electrons. The van der Waals surface area contributed by atoms with Crippen LogP contribution in [0.3, 0.4) is 0 Å². The summed E-state index contributed by atoms with van der Waals surface area (Å²) in [7, 11) is 0. The van der Waals surface area contributed by atoms with Crippen molar-refractivity contribution in [1.82, 2.24) is 9.13 Å². The van der Waals surface area contributed by atoms with Gasteiger partial charge in [-0.1, -0.05) is 12.1 Å². The van der Waals surface area contributed by atoms with Gasteiger partial charge in [-0.15, -0.1) is 0 Å². The van der Waals surface area contributed by atoms with Gasteiger partial charge >= 0.3 is 0 Å². The minimum atomic E-state index is 0.0365. The Morgan fingerprint density at radius 3 is 2.60 bits per heavy atom. The van der Waals surface area contributed by atoms with Gasteiger partial charge in [0.2, 0.25) is 0 Å². The average Bonchev–Trinajstić information content (AvgIpc) is 2.88. The molecule has 0 spiro atoms. The van der Waals surface area contributed by atoms with Crippen LogP contribution < -0.4 is 11.3 Å². The first-order chi connectivity index (χ1) is 9.78. The summed E-state index contributed by atoms with van der Waals surface area (Å²) in [6.45, 7) is 2.00. The Hall–Kier alpha value is -2.33. The van der Waals surface area contributed by atoms with E-state index in [-0.39, 0.29) is 5.56 Å². The van der Waals surface area contributed by atoms with Crippen molar-refractivity contribution in [3.8, 4) is 0 Å². The van der Waals surface area contributed by atoms with Gasteiger partial charge in [0.15, 0.2) is 0 Å². The Morgan fingerprint density at radius 1 is 0.950 bits per heavy atom. The van der Waals surface area contributed by atoms with Crippen LogP contribution in [0.25, 0.3) is 10.9 Å². The van der Waals surface area contributed by atoms with Crippen LogP contribution in [0, 0.1) is 0 Å². The smallest absolute Gasteiger partial charge is 0.250 e. The van der Waals surface area contributed by atoms with Crippen LogP contribution in [-0.4, -0.2) is 9.13 Å². The number of benzene rings is 1. The lowest BCUT2D eigenvalue weighted by atomic mass is 10.1. The van der Waals surface area contributed by atoms with E-state index in [0.717, 1.165) is 12.1 Å². The largest absolute Gasteiger partial charge is 0.346 e. The molecule has 4 heteroatoms. The molecule has 1 aromatic carbocycles. The fraction of sp³-hybridized carbons (Fsp3) is 0.188. The summed E-state index contributed by atoms with van der Waals surface area (Å²) in [5.74, 6) is 0. The van der Waals surface area contributed by atoms with Gasteiger partial charge in [-0.05, 0) is 35.2 Å². The Bertz CT molecular complexity index is 786.